The Morgan fingerprint density at radius 3 is 2.89 bits per heavy atom. The standard InChI is InChI=1S/C5H9N3O/c1-5(4(6)9)2-3-7-8-5/h3,8H,2H2,1H3,(H2,6,9). The Hall–Kier alpha value is -1.06. The van der Waals surface area contributed by atoms with Crippen LogP contribution in [0.5, 0.6) is 0 Å². The summed E-state index contributed by atoms with van der Waals surface area (Å²) in [6.45, 7) is 1.72. The summed E-state index contributed by atoms with van der Waals surface area (Å²) in [7, 11) is 0. The summed E-state index contributed by atoms with van der Waals surface area (Å²) in [4.78, 5) is 10.6. The Kier molecular flexibility index (Phi) is 1.16. The lowest BCUT2D eigenvalue weighted by atomic mass is 10.0. The highest BCUT2D eigenvalue weighted by molar-refractivity contribution is 5.88. The number of nitrogens with zero attached hydrogens (tertiary/aromatic N) is 1. The number of amides is 1. The van der Waals surface area contributed by atoms with E-state index in [9.17, 15) is 4.79 Å². The first-order valence-electron chi connectivity index (χ1n) is 2.74. The fraction of sp³-hybridized carbons (Fsp3) is 0.600. The second-order valence-electron chi connectivity index (χ2n) is 2.32. The summed E-state index contributed by atoms with van der Waals surface area (Å²) in [6.07, 6.45) is 2.23. The van der Waals surface area contributed by atoms with Crippen LogP contribution in [0.25, 0.3) is 0 Å². The van der Waals surface area contributed by atoms with E-state index in [0.717, 1.165) is 0 Å². The van der Waals surface area contributed by atoms with Gasteiger partial charge in [0.2, 0.25) is 5.91 Å². The molecule has 1 rings (SSSR count). The molecule has 50 valence electrons. The zero-order chi connectivity index (χ0) is 6.91. The van der Waals surface area contributed by atoms with Crippen molar-refractivity contribution in [2.45, 2.75) is 18.9 Å². The van der Waals surface area contributed by atoms with Gasteiger partial charge < -0.3 is 5.73 Å². The minimum atomic E-state index is -0.639. The van der Waals surface area contributed by atoms with Gasteiger partial charge in [-0.1, -0.05) is 0 Å². The van der Waals surface area contributed by atoms with E-state index in [1.807, 2.05) is 0 Å². The van der Waals surface area contributed by atoms with Crippen molar-refractivity contribution in [2.75, 3.05) is 0 Å². The first kappa shape index (κ1) is 6.07. The van der Waals surface area contributed by atoms with Crippen molar-refractivity contribution in [3.8, 4) is 0 Å². The zero-order valence-corrected chi connectivity index (χ0v) is 5.22. The van der Waals surface area contributed by atoms with Gasteiger partial charge in [0.1, 0.15) is 5.54 Å². The number of nitrogens with one attached hydrogen (secondary N) is 1. The van der Waals surface area contributed by atoms with E-state index < -0.39 is 5.54 Å². The number of hydrogen-bond acceptors (Lipinski definition) is 3. The van der Waals surface area contributed by atoms with E-state index in [1.165, 1.54) is 0 Å². The normalized spacial score (nSPS) is 32.1. The molecule has 1 amide bonds. The fourth-order valence-corrected chi connectivity index (χ4v) is 0.618. The third kappa shape index (κ3) is 0.872. The van der Waals surface area contributed by atoms with Crippen molar-refractivity contribution in [1.82, 2.24) is 5.43 Å². The molecule has 0 aromatic heterocycles. The first-order valence-corrected chi connectivity index (χ1v) is 2.74. The average molecular weight is 127 g/mol. The van der Waals surface area contributed by atoms with Gasteiger partial charge in [-0.25, -0.2) is 0 Å². The molecule has 1 aliphatic rings. The van der Waals surface area contributed by atoms with E-state index in [4.69, 9.17) is 5.73 Å². The van der Waals surface area contributed by atoms with Gasteiger partial charge in [-0.2, -0.15) is 5.10 Å². The molecule has 0 aromatic carbocycles. The molecule has 1 heterocycles. The molecule has 4 heteroatoms. The monoisotopic (exact) mass is 127 g/mol. The molecule has 3 N–H and O–H groups in total. The molecule has 0 fully saturated rings. The van der Waals surface area contributed by atoms with E-state index in [2.05, 4.69) is 10.5 Å². The Morgan fingerprint density at radius 2 is 2.67 bits per heavy atom. The molecular formula is C5H9N3O. The van der Waals surface area contributed by atoms with Crippen molar-refractivity contribution in [3.63, 3.8) is 0 Å². The highest BCUT2D eigenvalue weighted by Crippen LogP contribution is 2.10. The van der Waals surface area contributed by atoms with Crippen LogP contribution < -0.4 is 11.2 Å². The number of hydrogen-bond donors (Lipinski definition) is 2. The Morgan fingerprint density at radius 1 is 2.00 bits per heavy atom. The number of primary amides is 1. The molecule has 0 spiro atoms. The Bertz CT molecular complexity index is 156. The molecule has 0 radical (unpaired) electrons. The minimum Gasteiger partial charge on any atom is -0.368 e. The lowest BCUT2D eigenvalue weighted by Gasteiger charge is -2.17. The minimum absolute atomic E-state index is 0.361. The van der Waals surface area contributed by atoms with Crippen LogP contribution in [0.15, 0.2) is 5.10 Å². The predicted molar refractivity (Wildman–Crippen MR) is 33.8 cm³/mol. The summed E-state index contributed by atoms with van der Waals surface area (Å²) in [5.41, 5.74) is 7.04. The fourth-order valence-electron chi connectivity index (χ4n) is 0.618. The summed E-state index contributed by atoms with van der Waals surface area (Å²) >= 11 is 0. The van der Waals surface area contributed by atoms with Crippen LogP contribution >= 0.6 is 0 Å². The van der Waals surface area contributed by atoms with Gasteiger partial charge >= 0.3 is 0 Å². The van der Waals surface area contributed by atoms with Crippen LogP contribution in [0, 0.1) is 0 Å². The van der Waals surface area contributed by atoms with Gasteiger partial charge in [-0.05, 0) is 6.92 Å². The molecule has 0 aromatic rings. The summed E-state index contributed by atoms with van der Waals surface area (Å²) in [6, 6.07) is 0. The SMILES string of the molecule is CC1(C(N)=O)CC=NN1. The topological polar surface area (TPSA) is 67.5 Å². The molecular weight excluding hydrogens is 118 g/mol. The van der Waals surface area contributed by atoms with E-state index in [0.29, 0.717) is 6.42 Å². The van der Waals surface area contributed by atoms with Crippen LogP contribution in [-0.4, -0.2) is 17.7 Å². The van der Waals surface area contributed by atoms with Crippen LogP contribution in [0.3, 0.4) is 0 Å². The first-order chi connectivity index (χ1) is 4.15. The summed E-state index contributed by atoms with van der Waals surface area (Å²) in [5.74, 6) is -0.361. The summed E-state index contributed by atoms with van der Waals surface area (Å²) < 4.78 is 0. The maximum atomic E-state index is 10.6. The summed E-state index contributed by atoms with van der Waals surface area (Å²) in [5, 5.41) is 3.68. The molecule has 4 nitrogen and oxygen atoms in total. The Balaban J connectivity index is 2.66. The smallest absolute Gasteiger partial charge is 0.244 e. The molecule has 0 saturated carbocycles. The zero-order valence-electron chi connectivity index (χ0n) is 5.22. The number of carbonyl (C=O) groups is 1. The van der Waals surface area contributed by atoms with Crippen molar-refractivity contribution in [1.29, 1.82) is 0 Å². The van der Waals surface area contributed by atoms with Gasteiger partial charge in [-0.15, -0.1) is 0 Å². The van der Waals surface area contributed by atoms with Crippen LogP contribution in [-0.2, 0) is 4.79 Å². The lowest BCUT2D eigenvalue weighted by molar-refractivity contribution is -0.123. The second kappa shape index (κ2) is 1.72. The maximum Gasteiger partial charge on any atom is 0.244 e. The number of hydrazone groups is 1. The highest BCUT2D eigenvalue weighted by Gasteiger charge is 2.32. The van der Waals surface area contributed by atoms with Gasteiger partial charge in [0, 0.05) is 12.6 Å². The number of rotatable bonds is 1. The molecule has 1 unspecified atom stereocenters. The van der Waals surface area contributed by atoms with Crippen molar-refractivity contribution < 1.29 is 4.79 Å². The van der Waals surface area contributed by atoms with E-state index in [1.54, 1.807) is 13.1 Å². The van der Waals surface area contributed by atoms with Gasteiger partial charge in [0.25, 0.3) is 0 Å². The van der Waals surface area contributed by atoms with Gasteiger partial charge in [-0.3, -0.25) is 10.2 Å². The highest BCUT2D eigenvalue weighted by atomic mass is 16.1. The Labute approximate surface area is 53.1 Å². The van der Waals surface area contributed by atoms with E-state index >= 15 is 0 Å². The molecule has 9 heavy (non-hydrogen) atoms. The van der Waals surface area contributed by atoms with Crippen LogP contribution in [0.2, 0.25) is 0 Å². The molecule has 0 aliphatic carbocycles. The lowest BCUT2D eigenvalue weighted by Crippen LogP contribution is -2.48. The third-order valence-electron chi connectivity index (χ3n) is 1.45. The number of nitrogens with two attached hydrogens (primary N) is 1. The van der Waals surface area contributed by atoms with Crippen molar-refractivity contribution >= 4 is 12.1 Å². The predicted octanol–water partition coefficient (Wildman–Crippen LogP) is -0.790. The third-order valence-corrected chi connectivity index (χ3v) is 1.45. The molecule has 1 aliphatic heterocycles. The van der Waals surface area contributed by atoms with Gasteiger partial charge in [0.05, 0.1) is 0 Å². The maximum absolute atomic E-state index is 10.6. The molecule has 0 saturated heterocycles. The largest absolute Gasteiger partial charge is 0.368 e. The number of carbonyl (C=O) groups excluding carboxylic acids is 1. The van der Waals surface area contributed by atoms with Gasteiger partial charge in [0.15, 0.2) is 0 Å². The van der Waals surface area contributed by atoms with Crippen LogP contribution in [0.1, 0.15) is 13.3 Å². The van der Waals surface area contributed by atoms with Crippen molar-refractivity contribution in [2.24, 2.45) is 10.8 Å². The van der Waals surface area contributed by atoms with Crippen LogP contribution in [0.4, 0.5) is 0 Å². The molecule has 0 bridgehead atoms. The second-order valence-corrected chi connectivity index (χ2v) is 2.32. The van der Waals surface area contributed by atoms with Crippen molar-refractivity contribution in [3.05, 3.63) is 0 Å². The average Bonchev–Trinajstić information content (AvgIpc) is 2.16. The van der Waals surface area contributed by atoms with E-state index in [-0.39, 0.29) is 5.91 Å². The molecule has 1 atom stereocenters. The quantitative estimate of drug-likeness (QED) is 0.484.